The van der Waals surface area contributed by atoms with E-state index in [1.807, 2.05) is 41.5 Å². The monoisotopic (exact) mass is 668 g/mol. The number of amides is 1. The molecule has 0 aromatic carbocycles. The Hall–Kier alpha value is -1.90. The van der Waals surface area contributed by atoms with Crippen LogP contribution in [0.15, 0.2) is 12.2 Å². The van der Waals surface area contributed by atoms with E-state index in [9.17, 15) is 19.2 Å². The molecule has 2 rings (SSSR count). The fraction of sp³-hybridized carbons (Fsp3) is 0.846. The Kier molecular flexibility index (Phi) is 22.0. The molecule has 4 unspecified atom stereocenters. The molecular formula is C39H73NO7. The highest BCUT2D eigenvalue weighted by atomic mass is 16.7. The van der Waals surface area contributed by atoms with Crippen LogP contribution in [-0.2, 0) is 33.5 Å². The van der Waals surface area contributed by atoms with Crippen LogP contribution in [0.2, 0.25) is 0 Å². The molecule has 0 aromatic rings. The lowest BCUT2D eigenvalue weighted by atomic mass is 9.89. The number of Topliss-reactive ketones (excluding diaryl/α,β-unsaturated/α-hetero) is 3. The SMILES string of the molecule is C=C(C)C(=O)C(C)CC(C)C.CC(C)CC(C)C(=O)[C@@]1(C)CO1.CC(C)CC(C)C(=O)[C@]1(C)CO1.CON(C)C(=O)C(C)CC(C)C. The van der Waals surface area contributed by atoms with Crippen LogP contribution in [0.3, 0.4) is 0 Å². The van der Waals surface area contributed by atoms with Crippen molar-refractivity contribution in [1.29, 1.82) is 0 Å². The highest BCUT2D eigenvalue weighted by molar-refractivity contribution is 5.95. The number of ether oxygens (including phenoxy) is 2. The van der Waals surface area contributed by atoms with E-state index in [0.717, 1.165) is 25.7 Å². The largest absolute Gasteiger partial charge is 0.362 e. The molecule has 0 aliphatic carbocycles. The van der Waals surface area contributed by atoms with Gasteiger partial charge < -0.3 is 9.47 Å². The molecule has 2 aliphatic rings. The van der Waals surface area contributed by atoms with Crippen LogP contribution in [0.4, 0.5) is 0 Å². The molecule has 2 saturated heterocycles. The van der Waals surface area contributed by atoms with Gasteiger partial charge in [0.05, 0.1) is 20.3 Å². The van der Waals surface area contributed by atoms with Gasteiger partial charge in [-0.05, 0) is 75.7 Å². The maximum atomic E-state index is 11.6. The van der Waals surface area contributed by atoms with Crippen molar-refractivity contribution in [3.05, 3.63) is 12.2 Å². The molecule has 6 atom stereocenters. The summed E-state index contributed by atoms with van der Waals surface area (Å²) >= 11 is 0. The predicted molar refractivity (Wildman–Crippen MR) is 193 cm³/mol. The third-order valence-corrected chi connectivity index (χ3v) is 8.27. The first-order valence-electron chi connectivity index (χ1n) is 17.7. The molecule has 8 heteroatoms. The molecule has 0 spiro atoms. The number of nitrogens with zero attached hydrogens (tertiary/aromatic N) is 1. The molecule has 0 bridgehead atoms. The Labute approximate surface area is 289 Å². The minimum atomic E-state index is -0.422. The van der Waals surface area contributed by atoms with E-state index in [-0.39, 0.29) is 46.9 Å². The van der Waals surface area contributed by atoms with Gasteiger partial charge in [-0.1, -0.05) is 89.7 Å². The van der Waals surface area contributed by atoms with E-state index in [1.165, 1.54) is 12.2 Å². The summed E-state index contributed by atoms with van der Waals surface area (Å²) in [4.78, 5) is 50.8. The van der Waals surface area contributed by atoms with Crippen molar-refractivity contribution >= 4 is 23.3 Å². The second-order valence-corrected chi connectivity index (χ2v) is 16.1. The Morgan fingerprint density at radius 1 is 0.638 bits per heavy atom. The van der Waals surface area contributed by atoms with Crippen molar-refractivity contribution in [3.63, 3.8) is 0 Å². The number of epoxide rings is 2. The van der Waals surface area contributed by atoms with Gasteiger partial charge >= 0.3 is 0 Å². The van der Waals surface area contributed by atoms with Gasteiger partial charge in [-0.2, -0.15) is 0 Å². The smallest absolute Gasteiger partial charge is 0.248 e. The molecule has 2 fully saturated rings. The minimum absolute atomic E-state index is 0.0474. The summed E-state index contributed by atoms with van der Waals surface area (Å²) in [6.45, 7) is 35.3. The first-order chi connectivity index (χ1) is 21.3. The second-order valence-electron chi connectivity index (χ2n) is 16.1. The molecule has 0 aromatic heterocycles. The van der Waals surface area contributed by atoms with E-state index >= 15 is 0 Å². The van der Waals surface area contributed by atoms with E-state index < -0.39 is 11.2 Å². The Morgan fingerprint density at radius 2 is 0.915 bits per heavy atom. The van der Waals surface area contributed by atoms with Gasteiger partial charge in [-0.25, -0.2) is 5.06 Å². The van der Waals surface area contributed by atoms with Crippen molar-refractivity contribution < 1.29 is 33.5 Å². The average Bonchev–Trinajstić information content (AvgIpc) is 3.88. The van der Waals surface area contributed by atoms with E-state index in [2.05, 4.69) is 62.0 Å². The predicted octanol–water partition coefficient (Wildman–Crippen LogP) is 8.56. The van der Waals surface area contributed by atoms with E-state index in [1.54, 1.807) is 14.0 Å². The standard InChI is InChI=1S/2C10H18O2.C10H18O.C9H19NO2/c2*1-7(2)5-8(3)9(11)10(4)6-12-10;1-7(2)6-9(5)10(11)8(3)4;1-7(2)6-8(3)9(11)10(4)12-5/h2*7-8H,5-6H2,1-4H3;7,9H,3,6H2,1-2,4-5H3;7-8H,6H2,1-5H3/t2*8?,10-;;/m10../s1. The van der Waals surface area contributed by atoms with Crippen LogP contribution in [0.25, 0.3) is 0 Å². The van der Waals surface area contributed by atoms with Gasteiger partial charge in [0.25, 0.3) is 0 Å². The minimum Gasteiger partial charge on any atom is -0.362 e. The lowest BCUT2D eigenvalue weighted by Crippen LogP contribution is -2.31. The second kappa shape index (κ2) is 21.9. The van der Waals surface area contributed by atoms with Gasteiger partial charge in [0.15, 0.2) is 17.3 Å². The van der Waals surface area contributed by atoms with Crippen LogP contribution in [0.1, 0.15) is 130 Å². The Balaban J connectivity index is 0. The number of allylic oxidation sites excluding steroid dienone is 1. The number of carbonyl (C=O) groups excluding carboxylic acids is 4. The molecule has 2 aliphatic heterocycles. The van der Waals surface area contributed by atoms with Crippen molar-refractivity contribution in [1.82, 2.24) is 5.06 Å². The first-order valence-corrected chi connectivity index (χ1v) is 17.7. The van der Waals surface area contributed by atoms with Crippen molar-refractivity contribution in [3.8, 4) is 0 Å². The van der Waals surface area contributed by atoms with Crippen molar-refractivity contribution in [2.24, 2.45) is 47.3 Å². The summed E-state index contributed by atoms with van der Waals surface area (Å²) in [5, 5.41) is 1.28. The highest BCUT2D eigenvalue weighted by Gasteiger charge is 2.49. The molecule has 1 amide bonds. The summed E-state index contributed by atoms with van der Waals surface area (Å²) in [5.74, 6) is 3.62. The molecule has 2 heterocycles. The van der Waals surface area contributed by atoms with E-state index in [0.29, 0.717) is 42.5 Å². The Morgan fingerprint density at radius 3 is 1.15 bits per heavy atom. The number of rotatable bonds is 16. The lowest BCUT2D eigenvalue weighted by Gasteiger charge is -2.19. The van der Waals surface area contributed by atoms with Crippen molar-refractivity contribution in [2.45, 2.75) is 141 Å². The maximum Gasteiger partial charge on any atom is 0.248 e. The van der Waals surface area contributed by atoms with Gasteiger partial charge in [0.2, 0.25) is 5.91 Å². The summed E-state index contributed by atoms with van der Waals surface area (Å²) in [6, 6.07) is 0. The highest BCUT2D eigenvalue weighted by Crippen LogP contribution is 2.32. The Bertz CT molecular complexity index is 934. The van der Waals surface area contributed by atoms with Gasteiger partial charge in [-0.15, -0.1) is 0 Å². The number of carbonyl (C=O) groups is 4. The summed E-state index contributed by atoms with van der Waals surface area (Å²) < 4.78 is 10.2. The van der Waals surface area contributed by atoms with Crippen LogP contribution in [-0.4, -0.2) is 66.9 Å². The van der Waals surface area contributed by atoms with Crippen LogP contribution >= 0.6 is 0 Å². The summed E-state index contributed by atoms with van der Waals surface area (Å²) in [5.41, 5.74) is -0.166. The number of hydroxylamine groups is 2. The van der Waals surface area contributed by atoms with Gasteiger partial charge in [0.1, 0.15) is 11.2 Å². The summed E-state index contributed by atoms with van der Waals surface area (Å²) in [7, 11) is 3.14. The molecule has 0 N–H and O–H groups in total. The third-order valence-electron chi connectivity index (χ3n) is 8.27. The quantitative estimate of drug-likeness (QED) is 0.0922. The number of ketones is 3. The average molecular weight is 668 g/mol. The fourth-order valence-corrected chi connectivity index (χ4v) is 5.61. The molecule has 0 radical (unpaired) electrons. The van der Waals surface area contributed by atoms with Gasteiger partial charge in [0, 0.05) is 30.7 Å². The normalized spacial score (nSPS) is 22.0. The number of hydrogen-bond donors (Lipinski definition) is 0. The molecule has 8 nitrogen and oxygen atoms in total. The zero-order valence-electron chi connectivity index (χ0n) is 33.4. The summed E-state index contributed by atoms with van der Waals surface area (Å²) in [6.07, 6.45) is 3.81. The zero-order valence-corrected chi connectivity index (χ0v) is 33.4. The fourth-order valence-electron chi connectivity index (χ4n) is 5.61. The number of hydrogen-bond acceptors (Lipinski definition) is 7. The third kappa shape index (κ3) is 20.3. The molecule has 276 valence electrons. The van der Waals surface area contributed by atoms with Crippen LogP contribution in [0.5, 0.6) is 0 Å². The lowest BCUT2D eigenvalue weighted by molar-refractivity contribution is -0.173. The van der Waals surface area contributed by atoms with E-state index in [4.69, 9.17) is 14.3 Å². The first kappa shape index (κ1) is 47.2. The molecule has 0 saturated carbocycles. The maximum absolute atomic E-state index is 11.6. The molecular weight excluding hydrogens is 594 g/mol. The van der Waals surface area contributed by atoms with Crippen molar-refractivity contribution in [2.75, 3.05) is 27.4 Å². The topological polar surface area (TPSA) is 106 Å². The zero-order chi connectivity index (χ0) is 37.4. The van der Waals surface area contributed by atoms with Crippen LogP contribution < -0.4 is 0 Å². The molecule has 47 heavy (non-hydrogen) atoms. The van der Waals surface area contributed by atoms with Gasteiger partial charge in [-0.3, -0.25) is 24.0 Å². The van der Waals surface area contributed by atoms with Crippen LogP contribution in [0, 0.1) is 47.3 Å².